The summed E-state index contributed by atoms with van der Waals surface area (Å²) in [6.07, 6.45) is 1.19. The summed E-state index contributed by atoms with van der Waals surface area (Å²) in [5, 5.41) is 2.34. The second kappa shape index (κ2) is 6.69. The Morgan fingerprint density at radius 2 is 1.43 bits per heavy atom. The molecular weight excluding hydrogens is 445 g/mol. The van der Waals surface area contributed by atoms with Crippen LogP contribution in [0.25, 0.3) is 21.8 Å². The van der Waals surface area contributed by atoms with E-state index in [9.17, 15) is 4.57 Å². The molecule has 1 aromatic heterocycles. The van der Waals surface area contributed by atoms with Gasteiger partial charge in [-0.2, -0.15) is 0 Å². The van der Waals surface area contributed by atoms with Crippen molar-refractivity contribution in [3.8, 4) is 0 Å². The van der Waals surface area contributed by atoms with Gasteiger partial charge in [-0.3, -0.25) is 4.57 Å². The molecule has 0 fully saturated rings. The highest BCUT2D eigenvalue weighted by molar-refractivity contribution is 9.10. The summed E-state index contributed by atoms with van der Waals surface area (Å²) in [5.74, 6) is 0. The van der Waals surface area contributed by atoms with Crippen LogP contribution in [0.5, 0.6) is 0 Å². The van der Waals surface area contributed by atoms with Gasteiger partial charge in [0.2, 0.25) is 0 Å². The number of hydrogen-bond acceptors (Lipinski definition) is 1. The Bertz CT molecular complexity index is 857. The molecule has 7 heteroatoms. The lowest BCUT2D eigenvalue weighted by molar-refractivity contribution is 0.370. The number of rotatable bonds is 5. The van der Waals surface area contributed by atoms with Gasteiger partial charge in [-0.25, -0.2) is 0 Å². The maximum absolute atomic E-state index is 11.0. The summed E-state index contributed by atoms with van der Waals surface area (Å²) in [6, 6.07) is 12.4. The Kier molecular flexibility index (Phi) is 5.00. The summed E-state index contributed by atoms with van der Waals surface area (Å²) >= 11 is 7.05. The summed E-state index contributed by atoms with van der Waals surface area (Å²) in [5.41, 5.74) is 2.27. The van der Waals surface area contributed by atoms with Crippen LogP contribution in [0.3, 0.4) is 0 Å². The largest absolute Gasteiger partial charge is 0.340 e. The highest BCUT2D eigenvalue weighted by Gasteiger charge is 2.14. The van der Waals surface area contributed by atoms with Crippen LogP contribution in [0.4, 0.5) is 0 Å². The predicted molar refractivity (Wildman–Crippen MR) is 101 cm³/mol. The van der Waals surface area contributed by atoms with E-state index in [1.54, 1.807) is 0 Å². The molecule has 0 atom stereocenters. The molecule has 0 saturated carbocycles. The third-order valence-corrected chi connectivity index (χ3v) is 5.76. The lowest BCUT2D eigenvalue weighted by Gasteiger charge is -2.08. The maximum Gasteiger partial charge on any atom is 0.325 e. The SMILES string of the molecule is O=P(O)(O)CCCCn1c2ccc(Br)cc2c2cc(Br)ccc21. The van der Waals surface area contributed by atoms with Gasteiger partial charge in [-0.15, -0.1) is 0 Å². The number of fused-ring (bicyclic) bond motifs is 3. The van der Waals surface area contributed by atoms with Crippen LogP contribution >= 0.6 is 39.5 Å². The van der Waals surface area contributed by atoms with E-state index in [4.69, 9.17) is 9.79 Å². The summed E-state index contributed by atoms with van der Waals surface area (Å²) in [7, 11) is -3.90. The first-order chi connectivity index (χ1) is 10.8. The predicted octanol–water partition coefficient (Wildman–Crippen LogP) is 5.28. The molecule has 0 aliphatic rings. The van der Waals surface area contributed by atoms with Crippen molar-refractivity contribution in [1.29, 1.82) is 0 Å². The molecule has 2 N–H and O–H groups in total. The molecule has 2 aromatic carbocycles. The van der Waals surface area contributed by atoms with Gasteiger partial charge in [0.05, 0.1) is 0 Å². The van der Waals surface area contributed by atoms with Gasteiger partial charge in [0.15, 0.2) is 0 Å². The smallest absolute Gasteiger partial charge is 0.325 e. The molecule has 3 aromatic rings. The van der Waals surface area contributed by atoms with E-state index in [0.717, 1.165) is 32.9 Å². The Balaban J connectivity index is 1.99. The first-order valence-electron chi connectivity index (χ1n) is 7.27. The van der Waals surface area contributed by atoms with E-state index in [-0.39, 0.29) is 6.16 Å². The van der Waals surface area contributed by atoms with Crippen LogP contribution in [0.2, 0.25) is 0 Å². The first-order valence-corrected chi connectivity index (χ1v) is 10.6. The standard InChI is InChI=1S/C16H16Br2NO3P/c17-11-3-5-15-13(9-11)14-10-12(18)4-6-16(14)19(15)7-1-2-8-23(20,21)22/h3-6,9-10H,1-2,7-8H2,(H2,20,21,22). The maximum atomic E-state index is 11.0. The highest BCUT2D eigenvalue weighted by Crippen LogP contribution is 2.36. The summed E-state index contributed by atoms with van der Waals surface area (Å²) in [4.78, 5) is 17.9. The van der Waals surface area contributed by atoms with Crippen molar-refractivity contribution in [1.82, 2.24) is 4.57 Å². The zero-order valence-electron chi connectivity index (χ0n) is 12.2. The zero-order valence-corrected chi connectivity index (χ0v) is 16.3. The van der Waals surface area contributed by atoms with E-state index >= 15 is 0 Å². The van der Waals surface area contributed by atoms with E-state index in [0.29, 0.717) is 6.42 Å². The molecule has 0 aliphatic heterocycles. The van der Waals surface area contributed by atoms with Gasteiger partial charge in [0, 0.05) is 43.5 Å². The van der Waals surface area contributed by atoms with Gasteiger partial charge < -0.3 is 14.4 Å². The molecule has 0 amide bonds. The van der Waals surface area contributed by atoms with E-state index < -0.39 is 7.60 Å². The van der Waals surface area contributed by atoms with Crippen molar-refractivity contribution >= 4 is 61.3 Å². The van der Waals surface area contributed by atoms with Gasteiger partial charge in [-0.05, 0) is 49.2 Å². The van der Waals surface area contributed by atoms with Crippen molar-refractivity contribution < 1.29 is 14.4 Å². The third-order valence-electron chi connectivity index (χ3n) is 3.87. The highest BCUT2D eigenvalue weighted by atomic mass is 79.9. The van der Waals surface area contributed by atoms with Crippen LogP contribution in [0.1, 0.15) is 12.8 Å². The fourth-order valence-corrected chi connectivity index (χ4v) is 4.23. The molecule has 0 bridgehead atoms. The summed E-state index contributed by atoms with van der Waals surface area (Å²) < 4.78 is 15.3. The minimum Gasteiger partial charge on any atom is -0.340 e. The second-order valence-electron chi connectivity index (χ2n) is 5.57. The van der Waals surface area contributed by atoms with E-state index in [1.807, 2.05) is 12.1 Å². The average molecular weight is 461 g/mol. The zero-order chi connectivity index (χ0) is 16.6. The minimum atomic E-state index is -3.90. The topological polar surface area (TPSA) is 62.5 Å². The van der Waals surface area contributed by atoms with Gasteiger partial charge in [0.25, 0.3) is 0 Å². The van der Waals surface area contributed by atoms with E-state index in [1.165, 1.54) is 10.8 Å². The van der Waals surface area contributed by atoms with Crippen molar-refractivity contribution in [3.63, 3.8) is 0 Å². The molecule has 0 unspecified atom stereocenters. The fraction of sp³-hybridized carbons (Fsp3) is 0.250. The second-order valence-corrected chi connectivity index (χ2v) is 9.18. The van der Waals surface area contributed by atoms with Crippen LogP contribution in [0.15, 0.2) is 45.3 Å². The molecule has 4 nitrogen and oxygen atoms in total. The average Bonchev–Trinajstić information content (AvgIpc) is 2.75. The Labute approximate surface area is 150 Å². The molecule has 0 aliphatic carbocycles. The number of aryl methyl sites for hydroxylation is 1. The molecule has 0 radical (unpaired) electrons. The molecule has 0 saturated heterocycles. The van der Waals surface area contributed by atoms with Crippen LogP contribution in [-0.4, -0.2) is 20.5 Å². The molecule has 3 rings (SSSR count). The molecule has 122 valence electrons. The quantitative estimate of drug-likeness (QED) is 0.402. The van der Waals surface area contributed by atoms with E-state index in [2.05, 4.69) is 60.7 Å². The minimum absolute atomic E-state index is 0.0543. The van der Waals surface area contributed by atoms with Crippen molar-refractivity contribution in [3.05, 3.63) is 45.3 Å². The Morgan fingerprint density at radius 1 is 0.913 bits per heavy atom. The van der Waals surface area contributed by atoms with Gasteiger partial charge >= 0.3 is 7.60 Å². The number of halogens is 2. The Hall–Kier alpha value is -0.650. The first kappa shape index (κ1) is 17.2. The van der Waals surface area contributed by atoms with Gasteiger partial charge in [0.1, 0.15) is 0 Å². The number of unbranched alkanes of at least 4 members (excludes halogenated alkanes) is 1. The number of benzene rings is 2. The third kappa shape index (κ3) is 3.89. The van der Waals surface area contributed by atoms with Crippen LogP contribution < -0.4 is 0 Å². The van der Waals surface area contributed by atoms with Crippen molar-refractivity contribution in [2.75, 3.05) is 6.16 Å². The molecule has 0 spiro atoms. The van der Waals surface area contributed by atoms with Gasteiger partial charge in [-0.1, -0.05) is 31.9 Å². The number of aromatic nitrogens is 1. The monoisotopic (exact) mass is 459 g/mol. The number of nitrogens with zero attached hydrogens (tertiary/aromatic N) is 1. The molecular formula is C16H16Br2NO3P. The number of hydrogen-bond donors (Lipinski definition) is 2. The Morgan fingerprint density at radius 3 is 1.91 bits per heavy atom. The van der Waals surface area contributed by atoms with Crippen molar-refractivity contribution in [2.24, 2.45) is 0 Å². The van der Waals surface area contributed by atoms with Crippen LogP contribution in [0, 0.1) is 0 Å². The molecule has 1 heterocycles. The normalized spacial score (nSPS) is 12.3. The molecule has 23 heavy (non-hydrogen) atoms. The lowest BCUT2D eigenvalue weighted by Crippen LogP contribution is -1.99. The van der Waals surface area contributed by atoms with Crippen molar-refractivity contribution in [2.45, 2.75) is 19.4 Å². The summed E-state index contributed by atoms with van der Waals surface area (Å²) in [6.45, 7) is 0.739. The lowest BCUT2D eigenvalue weighted by atomic mass is 10.2. The van der Waals surface area contributed by atoms with Crippen LogP contribution in [-0.2, 0) is 11.1 Å². The fourth-order valence-electron chi connectivity index (χ4n) is 2.88.